The molecule has 0 atom stereocenters. The topological polar surface area (TPSA) is 26.0 Å². The first-order chi connectivity index (χ1) is 3.79. The number of hydrogen-bond acceptors (Lipinski definition) is 1. The number of nitrogens with two attached hydrogens (primary N) is 1. The van der Waals surface area contributed by atoms with Gasteiger partial charge >= 0.3 is 0 Å². The fourth-order valence-electron chi connectivity index (χ4n) is 0.463. The summed E-state index contributed by atoms with van der Waals surface area (Å²) in [7, 11) is 0. The molecule has 0 heterocycles. The molecule has 0 saturated heterocycles. The molecule has 3 heteroatoms. The van der Waals surface area contributed by atoms with Gasteiger partial charge in [-0.2, -0.15) is 0 Å². The number of rotatable bonds is 0. The van der Waals surface area contributed by atoms with Crippen molar-refractivity contribution >= 4 is 29.7 Å². The monoisotopic (exact) mass is 163 g/mol. The largest absolute Gasteiger partial charge is 0.399 e. The molecule has 50 valence electrons. The summed E-state index contributed by atoms with van der Waals surface area (Å²) in [5, 5.41) is 0.721. The molecule has 0 aliphatic heterocycles. The Morgan fingerprint density at radius 1 is 1.11 bits per heavy atom. The molecule has 0 saturated carbocycles. The molecule has 1 rings (SSSR count). The molecule has 0 radical (unpaired) electrons. The van der Waals surface area contributed by atoms with Gasteiger partial charge in [0.25, 0.3) is 0 Å². The fraction of sp³-hybridized carbons (Fsp3) is 0. The Bertz CT molecular complexity index is 150. The Balaban J connectivity index is 0.000000640. The lowest BCUT2D eigenvalue weighted by molar-refractivity contribution is 1.69. The van der Waals surface area contributed by atoms with Crippen molar-refractivity contribution in [2.45, 2.75) is 0 Å². The Hall–Kier alpha value is -0.400. The molecule has 1 aromatic carbocycles. The van der Waals surface area contributed by atoms with E-state index < -0.39 is 0 Å². The van der Waals surface area contributed by atoms with Crippen molar-refractivity contribution in [3.63, 3.8) is 0 Å². The average Bonchev–Trinajstić information content (AvgIpc) is 1.77. The standard InChI is InChI=1S/C6H6ClN.ClH/c7-5-1-3-6(8)4-2-5;/h1-4H,8H2;1H. The van der Waals surface area contributed by atoms with Crippen molar-refractivity contribution < 1.29 is 0 Å². The first-order valence-corrected chi connectivity index (χ1v) is 2.68. The number of benzene rings is 1. The number of nitrogen functional groups attached to an aromatic ring is 1. The van der Waals surface area contributed by atoms with Crippen LogP contribution >= 0.6 is 24.0 Å². The van der Waals surface area contributed by atoms with Gasteiger partial charge in [0.15, 0.2) is 0 Å². The molecule has 1 aromatic rings. The highest BCUT2D eigenvalue weighted by Gasteiger charge is 1.82. The van der Waals surface area contributed by atoms with Crippen LogP contribution in [0.25, 0.3) is 0 Å². The molecule has 0 amide bonds. The van der Waals surface area contributed by atoms with Gasteiger partial charge in [0, 0.05) is 10.7 Å². The second-order valence-corrected chi connectivity index (χ2v) is 1.99. The molecule has 0 spiro atoms. The highest BCUT2D eigenvalue weighted by molar-refractivity contribution is 6.30. The molecule has 0 aromatic heterocycles. The highest BCUT2D eigenvalue weighted by Crippen LogP contribution is 2.09. The minimum absolute atomic E-state index is 0. The van der Waals surface area contributed by atoms with Gasteiger partial charge in [0.2, 0.25) is 0 Å². The van der Waals surface area contributed by atoms with E-state index in [1.54, 1.807) is 24.3 Å². The molecule has 0 bridgehead atoms. The van der Waals surface area contributed by atoms with Gasteiger partial charge in [-0.1, -0.05) is 11.6 Å². The smallest absolute Gasteiger partial charge is 0.0407 e. The maximum atomic E-state index is 5.56. The van der Waals surface area contributed by atoms with E-state index in [1.807, 2.05) is 0 Å². The van der Waals surface area contributed by atoms with Crippen LogP contribution < -0.4 is 5.73 Å². The molecular weight excluding hydrogens is 157 g/mol. The number of hydrogen-bond donors (Lipinski definition) is 1. The summed E-state index contributed by atoms with van der Waals surface area (Å²) in [6.07, 6.45) is 0. The number of halogens is 2. The van der Waals surface area contributed by atoms with Crippen LogP contribution in [0.2, 0.25) is 5.02 Å². The van der Waals surface area contributed by atoms with E-state index in [-0.39, 0.29) is 12.4 Å². The van der Waals surface area contributed by atoms with Crippen LogP contribution in [-0.2, 0) is 0 Å². The highest BCUT2D eigenvalue weighted by atomic mass is 35.5. The lowest BCUT2D eigenvalue weighted by Crippen LogP contribution is -1.80. The zero-order chi connectivity index (χ0) is 5.98. The van der Waals surface area contributed by atoms with E-state index in [4.69, 9.17) is 17.3 Å². The molecule has 0 unspecified atom stereocenters. The van der Waals surface area contributed by atoms with Crippen LogP contribution in [0.3, 0.4) is 0 Å². The summed E-state index contributed by atoms with van der Waals surface area (Å²) in [5.41, 5.74) is 6.11. The van der Waals surface area contributed by atoms with Crippen LogP contribution in [0.5, 0.6) is 0 Å². The fourth-order valence-corrected chi connectivity index (χ4v) is 0.589. The summed E-state index contributed by atoms with van der Waals surface area (Å²) in [4.78, 5) is 0. The van der Waals surface area contributed by atoms with Gasteiger partial charge in [-0.25, -0.2) is 0 Å². The zero-order valence-electron chi connectivity index (χ0n) is 4.67. The third kappa shape index (κ3) is 2.59. The molecule has 2 N–H and O–H groups in total. The molecule has 0 aliphatic carbocycles. The lowest BCUT2D eigenvalue weighted by atomic mass is 10.3. The van der Waals surface area contributed by atoms with Gasteiger partial charge in [-0.15, -0.1) is 12.4 Å². The van der Waals surface area contributed by atoms with E-state index >= 15 is 0 Å². The van der Waals surface area contributed by atoms with E-state index in [2.05, 4.69) is 0 Å². The van der Waals surface area contributed by atoms with Crippen LogP contribution in [0, 0.1) is 0 Å². The Kier molecular flexibility index (Phi) is 3.43. The van der Waals surface area contributed by atoms with Crippen LogP contribution in [0.15, 0.2) is 24.3 Å². The average molecular weight is 164 g/mol. The molecule has 0 aliphatic rings. The lowest BCUT2D eigenvalue weighted by Gasteiger charge is -1.88. The minimum atomic E-state index is 0. The summed E-state index contributed by atoms with van der Waals surface area (Å²) >= 11 is 5.56. The van der Waals surface area contributed by atoms with E-state index in [0.717, 1.165) is 10.7 Å². The SMILES string of the molecule is Cl.Nc1ccc(Cl)cc1. The molecule has 1 nitrogen and oxygen atoms in total. The maximum absolute atomic E-state index is 5.56. The van der Waals surface area contributed by atoms with Crippen molar-refractivity contribution in [1.29, 1.82) is 0 Å². The third-order valence-electron chi connectivity index (χ3n) is 0.870. The van der Waals surface area contributed by atoms with Crippen molar-refractivity contribution in [3.05, 3.63) is 29.3 Å². The molecular formula is C6H7Cl2N. The molecule has 0 fully saturated rings. The third-order valence-corrected chi connectivity index (χ3v) is 1.12. The summed E-state index contributed by atoms with van der Waals surface area (Å²) in [5.74, 6) is 0. The minimum Gasteiger partial charge on any atom is -0.399 e. The van der Waals surface area contributed by atoms with Crippen LogP contribution in [0.4, 0.5) is 5.69 Å². The van der Waals surface area contributed by atoms with Crippen LogP contribution in [0.1, 0.15) is 0 Å². The maximum Gasteiger partial charge on any atom is 0.0407 e. The Labute approximate surface area is 65.2 Å². The number of anilines is 1. The van der Waals surface area contributed by atoms with Gasteiger partial charge in [0.05, 0.1) is 0 Å². The van der Waals surface area contributed by atoms with E-state index in [1.165, 1.54) is 0 Å². The summed E-state index contributed by atoms with van der Waals surface area (Å²) in [6, 6.07) is 7.05. The molecule has 9 heavy (non-hydrogen) atoms. The normalized spacial score (nSPS) is 8.11. The Morgan fingerprint density at radius 3 is 1.89 bits per heavy atom. The van der Waals surface area contributed by atoms with E-state index in [9.17, 15) is 0 Å². The van der Waals surface area contributed by atoms with Gasteiger partial charge in [-0.05, 0) is 24.3 Å². The van der Waals surface area contributed by atoms with Crippen molar-refractivity contribution in [2.75, 3.05) is 5.73 Å². The predicted molar refractivity (Wildman–Crippen MR) is 43.1 cm³/mol. The van der Waals surface area contributed by atoms with Gasteiger partial charge in [0.1, 0.15) is 0 Å². The summed E-state index contributed by atoms with van der Waals surface area (Å²) < 4.78 is 0. The first kappa shape index (κ1) is 8.60. The van der Waals surface area contributed by atoms with Crippen molar-refractivity contribution in [3.8, 4) is 0 Å². The Morgan fingerprint density at radius 2 is 1.56 bits per heavy atom. The first-order valence-electron chi connectivity index (χ1n) is 2.30. The van der Waals surface area contributed by atoms with Gasteiger partial charge < -0.3 is 5.73 Å². The van der Waals surface area contributed by atoms with Gasteiger partial charge in [-0.3, -0.25) is 0 Å². The second kappa shape index (κ2) is 3.59. The quantitative estimate of drug-likeness (QED) is 0.585. The predicted octanol–water partition coefficient (Wildman–Crippen LogP) is 2.34. The van der Waals surface area contributed by atoms with Crippen LogP contribution in [-0.4, -0.2) is 0 Å². The van der Waals surface area contributed by atoms with E-state index in [0.29, 0.717) is 0 Å². The van der Waals surface area contributed by atoms with Crippen molar-refractivity contribution in [1.82, 2.24) is 0 Å². The summed E-state index contributed by atoms with van der Waals surface area (Å²) in [6.45, 7) is 0. The zero-order valence-corrected chi connectivity index (χ0v) is 6.25. The van der Waals surface area contributed by atoms with Crippen molar-refractivity contribution in [2.24, 2.45) is 0 Å². The second-order valence-electron chi connectivity index (χ2n) is 1.55.